The Morgan fingerprint density at radius 1 is 0.902 bits per heavy atom. The third-order valence-electron chi connectivity index (χ3n) is 7.49. The molecule has 1 atom stereocenters. The number of aliphatic hydroxyl groups excluding tert-OH is 1. The third-order valence-corrected chi connectivity index (χ3v) is 7.49. The highest BCUT2D eigenvalue weighted by molar-refractivity contribution is 6.04. The number of amides is 2. The minimum Gasteiger partial charge on any atom is -0.393 e. The molecule has 2 aliphatic rings. The summed E-state index contributed by atoms with van der Waals surface area (Å²) in [6.45, 7) is 3.97. The zero-order valence-electron chi connectivity index (χ0n) is 23.0. The van der Waals surface area contributed by atoms with Crippen molar-refractivity contribution in [3.05, 3.63) is 96.0 Å². The fourth-order valence-electron chi connectivity index (χ4n) is 5.24. The number of aromatic nitrogens is 1. The van der Waals surface area contributed by atoms with E-state index in [-0.39, 0.29) is 30.4 Å². The second-order valence-corrected chi connectivity index (χ2v) is 10.5. The fraction of sp³-hybridized carbons (Fsp3) is 0.281. The zero-order valence-corrected chi connectivity index (χ0v) is 23.0. The number of aliphatic hydroxyl groups is 1. The van der Waals surface area contributed by atoms with E-state index in [1.54, 1.807) is 35.0 Å². The molecule has 2 aromatic carbocycles. The molecule has 0 saturated carbocycles. The molecule has 9 nitrogen and oxygen atoms in total. The Balaban J connectivity index is 1.14. The maximum absolute atomic E-state index is 12.9. The predicted molar refractivity (Wildman–Crippen MR) is 160 cm³/mol. The summed E-state index contributed by atoms with van der Waals surface area (Å²) in [5.74, 6) is -0.127. The van der Waals surface area contributed by atoms with Crippen molar-refractivity contribution >= 4 is 34.6 Å². The first-order valence-electron chi connectivity index (χ1n) is 13.9. The van der Waals surface area contributed by atoms with Crippen LogP contribution in [0.1, 0.15) is 36.7 Å². The number of carbonyl (C=O) groups excluding carboxylic acids is 2. The lowest BCUT2D eigenvalue weighted by Crippen LogP contribution is -2.37. The molecule has 2 amide bonds. The summed E-state index contributed by atoms with van der Waals surface area (Å²) < 4.78 is 1.60. The van der Waals surface area contributed by atoms with Gasteiger partial charge in [-0.1, -0.05) is 13.0 Å². The van der Waals surface area contributed by atoms with Gasteiger partial charge < -0.3 is 30.5 Å². The molecule has 0 spiro atoms. The lowest BCUT2D eigenvalue weighted by atomic mass is 9.90. The number of carbonyl (C=O) groups is 2. The zero-order chi connectivity index (χ0) is 28.8. The van der Waals surface area contributed by atoms with E-state index in [0.29, 0.717) is 23.5 Å². The third kappa shape index (κ3) is 6.86. The van der Waals surface area contributed by atoms with Crippen LogP contribution in [-0.2, 0) is 11.3 Å². The van der Waals surface area contributed by atoms with Crippen molar-refractivity contribution in [2.45, 2.75) is 38.8 Å². The minimum atomic E-state index is -0.277. The van der Waals surface area contributed by atoms with E-state index in [1.807, 2.05) is 48.5 Å². The van der Waals surface area contributed by atoms with E-state index < -0.39 is 0 Å². The highest BCUT2D eigenvalue weighted by Crippen LogP contribution is 2.30. The van der Waals surface area contributed by atoms with Gasteiger partial charge in [-0.2, -0.15) is 5.26 Å². The van der Waals surface area contributed by atoms with Crippen LogP contribution >= 0.6 is 0 Å². The van der Waals surface area contributed by atoms with Crippen molar-refractivity contribution in [1.29, 1.82) is 5.26 Å². The first-order chi connectivity index (χ1) is 19.9. The number of allylic oxidation sites excluding steroid dienone is 3. The predicted octanol–water partition coefficient (Wildman–Crippen LogP) is 5.25. The topological polar surface area (TPSA) is 122 Å². The highest BCUT2D eigenvalue weighted by atomic mass is 16.3. The van der Waals surface area contributed by atoms with Gasteiger partial charge in [0, 0.05) is 59.2 Å². The van der Waals surface area contributed by atoms with Gasteiger partial charge in [-0.15, -0.1) is 0 Å². The van der Waals surface area contributed by atoms with Gasteiger partial charge in [0.05, 0.1) is 12.2 Å². The molecule has 1 fully saturated rings. The van der Waals surface area contributed by atoms with E-state index >= 15 is 0 Å². The van der Waals surface area contributed by atoms with Gasteiger partial charge in [-0.05, 0) is 86.0 Å². The minimum absolute atomic E-state index is 0.0977. The maximum Gasteiger partial charge on any atom is 0.272 e. The lowest BCUT2D eigenvalue weighted by molar-refractivity contribution is -0.113. The molecule has 1 aliphatic heterocycles. The molecular weight excluding hydrogens is 516 g/mol. The average Bonchev–Trinajstić information content (AvgIpc) is 3.44. The molecule has 5 rings (SSSR count). The van der Waals surface area contributed by atoms with Crippen LogP contribution in [0.3, 0.4) is 0 Å². The Bertz CT molecular complexity index is 1490. The van der Waals surface area contributed by atoms with Gasteiger partial charge in [0.2, 0.25) is 0 Å². The summed E-state index contributed by atoms with van der Waals surface area (Å²) in [4.78, 5) is 27.8. The van der Waals surface area contributed by atoms with E-state index in [1.165, 1.54) is 5.70 Å². The van der Waals surface area contributed by atoms with Gasteiger partial charge in [0.15, 0.2) is 0 Å². The Morgan fingerprint density at radius 2 is 1.49 bits per heavy atom. The number of rotatable bonds is 8. The number of nitrogens with zero attached hydrogens (tertiary/aromatic N) is 3. The largest absolute Gasteiger partial charge is 0.393 e. The van der Waals surface area contributed by atoms with Gasteiger partial charge in [0.25, 0.3) is 11.8 Å². The Labute approximate surface area is 239 Å². The Hall–Kier alpha value is -4.81. The fourth-order valence-corrected chi connectivity index (χ4v) is 5.24. The molecule has 41 heavy (non-hydrogen) atoms. The number of piperidine rings is 1. The van der Waals surface area contributed by atoms with Crippen LogP contribution in [0, 0.1) is 17.2 Å². The van der Waals surface area contributed by atoms with Crippen molar-refractivity contribution in [2.24, 2.45) is 5.92 Å². The van der Waals surface area contributed by atoms with Crippen molar-refractivity contribution in [2.75, 3.05) is 29.0 Å². The number of nitriles is 1. The van der Waals surface area contributed by atoms with Gasteiger partial charge in [-0.25, -0.2) is 0 Å². The second kappa shape index (κ2) is 12.6. The van der Waals surface area contributed by atoms with E-state index in [4.69, 9.17) is 5.26 Å². The maximum atomic E-state index is 12.9. The molecule has 1 saturated heterocycles. The monoisotopic (exact) mass is 550 g/mol. The van der Waals surface area contributed by atoms with Crippen LogP contribution in [0.2, 0.25) is 0 Å². The summed E-state index contributed by atoms with van der Waals surface area (Å²) in [7, 11) is 0. The molecular formula is C32H34N6O3. The van der Waals surface area contributed by atoms with Gasteiger partial charge in [-0.3, -0.25) is 9.59 Å². The van der Waals surface area contributed by atoms with Crippen LogP contribution in [0.5, 0.6) is 0 Å². The number of hydrogen-bond acceptors (Lipinski definition) is 6. The number of likely N-dealkylation sites (tertiary alicyclic amines) is 1. The smallest absolute Gasteiger partial charge is 0.272 e. The van der Waals surface area contributed by atoms with Gasteiger partial charge in [0.1, 0.15) is 12.2 Å². The van der Waals surface area contributed by atoms with Crippen LogP contribution in [0.15, 0.2) is 90.3 Å². The summed E-state index contributed by atoms with van der Waals surface area (Å²) in [5.41, 5.74) is 5.49. The van der Waals surface area contributed by atoms with Crippen molar-refractivity contribution in [3.8, 4) is 6.07 Å². The highest BCUT2D eigenvalue weighted by Gasteiger charge is 2.26. The molecule has 1 unspecified atom stereocenters. The molecule has 4 N–H and O–H groups in total. The number of hydrogen-bond donors (Lipinski definition) is 4. The number of anilines is 4. The van der Waals surface area contributed by atoms with E-state index in [0.717, 1.165) is 42.9 Å². The molecule has 1 aliphatic carbocycles. The lowest BCUT2D eigenvalue weighted by Gasteiger charge is -2.37. The average molecular weight is 551 g/mol. The standard InChI is InChI=1S/C32H34N6O3/c1-22-21-23(4-13-29(22)38-18-14-28(39)15-19-38)31(40)35-26-9-5-24(6-10-26)34-25-7-11-27(12-8-25)36-32(41)30-3-2-17-37(30)20-16-33/h2-13,17,22,28,34,39H,14-15,18-21H2,1H3,(H,35,40)(H,36,41). The van der Waals surface area contributed by atoms with Crippen LogP contribution in [-0.4, -0.2) is 45.6 Å². The number of nitrogens with one attached hydrogen (secondary N) is 3. The summed E-state index contributed by atoms with van der Waals surface area (Å²) >= 11 is 0. The first kappa shape index (κ1) is 27.7. The molecule has 0 radical (unpaired) electrons. The molecule has 9 heteroatoms. The van der Waals surface area contributed by atoms with Gasteiger partial charge >= 0.3 is 0 Å². The second-order valence-electron chi connectivity index (χ2n) is 10.5. The van der Waals surface area contributed by atoms with Crippen molar-refractivity contribution < 1.29 is 14.7 Å². The van der Waals surface area contributed by atoms with Crippen LogP contribution < -0.4 is 16.0 Å². The Kier molecular flexibility index (Phi) is 8.51. The van der Waals surface area contributed by atoms with E-state index in [2.05, 4.69) is 33.9 Å². The van der Waals surface area contributed by atoms with Crippen LogP contribution in [0.4, 0.5) is 22.7 Å². The van der Waals surface area contributed by atoms with E-state index in [9.17, 15) is 14.7 Å². The summed E-state index contributed by atoms with van der Waals surface area (Å²) in [6, 6.07) is 20.3. The molecule has 0 bridgehead atoms. The summed E-state index contributed by atoms with van der Waals surface area (Å²) in [5, 5.41) is 27.9. The first-order valence-corrected chi connectivity index (χ1v) is 13.9. The molecule has 3 aromatic rings. The van der Waals surface area contributed by atoms with Crippen LogP contribution in [0.25, 0.3) is 0 Å². The SMILES string of the molecule is CC1CC(C(=O)Nc2ccc(Nc3ccc(NC(=O)c4cccn4CC#N)cc3)cc2)=CC=C1N1CCC(O)CC1. The molecule has 1 aromatic heterocycles. The number of benzene rings is 2. The molecule has 210 valence electrons. The Morgan fingerprint density at radius 3 is 2.07 bits per heavy atom. The molecule has 2 heterocycles. The van der Waals surface area contributed by atoms with Crippen molar-refractivity contribution in [3.63, 3.8) is 0 Å². The van der Waals surface area contributed by atoms with Crippen molar-refractivity contribution in [1.82, 2.24) is 9.47 Å². The normalized spacial score (nSPS) is 17.2. The summed E-state index contributed by atoms with van der Waals surface area (Å²) in [6.07, 6.45) is 7.72. The quantitative estimate of drug-likeness (QED) is 0.304.